The molecule has 0 saturated heterocycles. The fourth-order valence-corrected chi connectivity index (χ4v) is 18.2. The van der Waals surface area contributed by atoms with Gasteiger partial charge in [-0.15, -0.1) is 24.8 Å². The average molecular weight is 383 g/mol. The van der Waals surface area contributed by atoms with Crippen LogP contribution >= 0.6 is 24.8 Å². The summed E-state index contributed by atoms with van der Waals surface area (Å²) in [6.07, 6.45) is 14.1. The fourth-order valence-electron chi connectivity index (χ4n) is 3.11. The zero-order valence-corrected chi connectivity index (χ0v) is 17.0. The normalized spacial score (nSPS) is 18.6. The molecule has 0 amide bonds. The predicted octanol–water partition coefficient (Wildman–Crippen LogP) is 4.63. The van der Waals surface area contributed by atoms with Crippen LogP contribution in [0.1, 0.15) is 26.7 Å². The van der Waals surface area contributed by atoms with Gasteiger partial charge in [0.15, 0.2) is 0 Å². The molecule has 0 bridgehead atoms. The second-order valence-corrected chi connectivity index (χ2v) is 33.1. The van der Waals surface area contributed by atoms with Crippen molar-refractivity contribution in [3.05, 3.63) is 42.5 Å². The second kappa shape index (κ2) is 6.39. The van der Waals surface area contributed by atoms with Crippen molar-refractivity contribution in [1.82, 2.24) is 0 Å². The van der Waals surface area contributed by atoms with Gasteiger partial charge in [0.05, 0.1) is 0 Å². The third-order valence-corrected chi connectivity index (χ3v) is 28.9. The molecule has 0 atom stereocenters. The van der Waals surface area contributed by atoms with E-state index in [9.17, 15) is 0 Å². The Bertz CT molecular complexity index is 512. The molecule has 2 aliphatic rings. The molecule has 102 valence electrons. The first kappa shape index (κ1) is 18.6. The number of rotatable bonds is 3. The summed E-state index contributed by atoms with van der Waals surface area (Å²) in [7, 11) is 0. The van der Waals surface area contributed by atoms with Crippen LogP contribution in [0.25, 0.3) is 0 Å². The van der Waals surface area contributed by atoms with E-state index in [1.165, 1.54) is 17.0 Å². The van der Waals surface area contributed by atoms with E-state index in [0.29, 0.717) is 0 Å². The Morgan fingerprint density at radius 1 is 1.22 bits per heavy atom. The minimum Gasteiger partial charge on any atom is -0.147 e. The molecule has 0 nitrogen and oxygen atoms in total. The second-order valence-electron chi connectivity index (χ2n) is 5.74. The summed E-state index contributed by atoms with van der Waals surface area (Å²) in [5.41, 5.74) is 1.57. The van der Waals surface area contributed by atoms with Gasteiger partial charge in [0, 0.05) is 0 Å². The van der Waals surface area contributed by atoms with Gasteiger partial charge in [-0.2, -0.15) is 0 Å². The van der Waals surface area contributed by atoms with Gasteiger partial charge in [-0.3, -0.25) is 0 Å². The van der Waals surface area contributed by atoms with Crippen LogP contribution in [0.5, 0.6) is 0 Å². The maximum Gasteiger partial charge on any atom is -0.147 e. The molecular weight excluding hydrogens is 358 g/mol. The van der Waals surface area contributed by atoms with Gasteiger partial charge in [0.25, 0.3) is 0 Å². The first-order valence-electron chi connectivity index (χ1n) is 6.27. The molecule has 0 aromatic heterocycles. The van der Waals surface area contributed by atoms with E-state index in [-0.39, 0.29) is 24.8 Å². The summed E-state index contributed by atoms with van der Waals surface area (Å²) in [5.74, 6) is 0. The Balaban J connectivity index is 0.00000144. The minimum atomic E-state index is -2.75. The SMILES string of the molecule is C[CH2][Zr]([CH3])(=[SiH2])([C]1=CC=CC1)[C]1=C(C)C=CC1.Cl.Cl. The number of allylic oxidation sites excluding steroid dienone is 8. The molecule has 0 saturated carbocycles. The molecule has 0 aromatic rings. The summed E-state index contributed by atoms with van der Waals surface area (Å²) in [6, 6.07) is 0. The quantitative estimate of drug-likeness (QED) is 0.624. The molecule has 0 aromatic carbocycles. The first-order valence-corrected chi connectivity index (χ1v) is 18.8. The van der Waals surface area contributed by atoms with Crippen molar-refractivity contribution < 1.29 is 17.4 Å². The van der Waals surface area contributed by atoms with Crippen molar-refractivity contribution in [2.45, 2.75) is 35.4 Å². The van der Waals surface area contributed by atoms with Gasteiger partial charge in [-0.1, -0.05) is 0 Å². The van der Waals surface area contributed by atoms with Crippen molar-refractivity contribution in [2.24, 2.45) is 0 Å². The Kier molecular flexibility index (Phi) is 6.62. The summed E-state index contributed by atoms with van der Waals surface area (Å²) < 4.78 is 7.66. The van der Waals surface area contributed by atoms with Crippen molar-refractivity contribution in [3.63, 3.8) is 0 Å². The maximum absolute atomic E-state index is 2.75. The van der Waals surface area contributed by atoms with Crippen molar-refractivity contribution >= 4 is 31.7 Å². The zero-order chi connectivity index (χ0) is 11.8. The molecule has 0 radical (unpaired) electrons. The van der Waals surface area contributed by atoms with Crippen LogP contribution < -0.4 is 0 Å². The summed E-state index contributed by atoms with van der Waals surface area (Å²) >= 11 is -2.75. The molecule has 0 N–H and O–H groups in total. The van der Waals surface area contributed by atoms with E-state index in [1.807, 2.05) is 3.28 Å². The molecule has 4 heteroatoms. The van der Waals surface area contributed by atoms with Gasteiger partial charge in [0.2, 0.25) is 0 Å². The molecular formula is C14H24Cl2SiZr. The van der Waals surface area contributed by atoms with E-state index in [2.05, 4.69) is 55.7 Å². The minimum absolute atomic E-state index is 0. The number of hydrogen-bond acceptors (Lipinski definition) is 0. The van der Waals surface area contributed by atoms with E-state index in [1.54, 1.807) is 8.85 Å². The largest absolute Gasteiger partial charge is 0.147 e. The number of hydrogen-bond donors (Lipinski definition) is 0. The standard InChI is InChI=1S/C6H7.C5H5.C2H5.CH3.2ClH.H2Si.Zr/c1-6-4-2-3-5-6;1-2-4-5-3-1;1-2;;;;;/h2,4H,3H2,1H3;1-3H,4H2;1H2,2H3;1H3;2*1H;1H2;. The third-order valence-electron chi connectivity index (χ3n) is 4.71. The summed E-state index contributed by atoms with van der Waals surface area (Å²) in [4.78, 5) is 0. The number of halogens is 2. The molecule has 0 unspecified atom stereocenters. The Hall–Kier alpha value is 0.640. The van der Waals surface area contributed by atoms with Gasteiger partial charge in [-0.25, -0.2) is 0 Å². The predicted molar refractivity (Wildman–Crippen MR) is 87.7 cm³/mol. The van der Waals surface area contributed by atoms with Crippen LogP contribution in [0.15, 0.2) is 42.5 Å². The van der Waals surface area contributed by atoms with Gasteiger partial charge in [-0.05, 0) is 0 Å². The summed E-state index contributed by atoms with van der Waals surface area (Å²) in [6.45, 7) is 7.11. The van der Waals surface area contributed by atoms with Crippen LogP contribution in [0.2, 0.25) is 8.76 Å². The average Bonchev–Trinajstić information content (AvgIpc) is 2.88. The smallest absolute Gasteiger partial charge is 0.147 e. The first-order chi connectivity index (χ1) is 7.48. The topological polar surface area (TPSA) is 0 Å². The maximum atomic E-state index is 2.64. The molecule has 2 aliphatic carbocycles. The fraction of sp³-hybridized carbons (Fsp3) is 0.429. The summed E-state index contributed by atoms with van der Waals surface area (Å²) in [5, 5.41) is 0. The van der Waals surface area contributed by atoms with Crippen molar-refractivity contribution in [3.8, 4) is 0 Å². The van der Waals surface area contributed by atoms with Crippen LogP contribution in [-0.4, -0.2) is 6.88 Å². The van der Waals surface area contributed by atoms with E-state index < -0.39 is 17.4 Å². The molecule has 0 heterocycles. The molecule has 18 heavy (non-hydrogen) atoms. The van der Waals surface area contributed by atoms with Crippen LogP contribution in [0.3, 0.4) is 0 Å². The monoisotopic (exact) mass is 380 g/mol. The van der Waals surface area contributed by atoms with Gasteiger partial charge < -0.3 is 0 Å². The van der Waals surface area contributed by atoms with Crippen LogP contribution in [0, 0.1) is 0 Å². The van der Waals surface area contributed by atoms with Gasteiger partial charge in [0.1, 0.15) is 0 Å². The Morgan fingerprint density at radius 2 is 1.89 bits per heavy atom. The zero-order valence-electron chi connectivity index (χ0n) is 11.5. The van der Waals surface area contributed by atoms with E-state index >= 15 is 0 Å². The third kappa shape index (κ3) is 2.87. The van der Waals surface area contributed by atoms with E-state index in [0.717, 1.165) is 0 Å². The van der Waals surface area contributed by atoms with E-state index in [4.69, 9.17) is 0 Å². The van der Waals surface area contributed by atoms with Crippen LogP contribution in [-0.2, 0) is 17.4 Å². The van der Waals surface area contributed by atoms with Gasteiger partial charge >= 0.3 is 102 Å². The van der Waals surface area contributed by atoms with Crippen molar-refractivity contribution in [1.29, 1.82) is 0 Å². The molecule has 2 rings (SSSR count). The van der Waals surface area contributed by atoms with Crippen molar-refractivity contribution in [2.75, 3.05) is 0 Å². The van der Waals surface area contributed by atoms with Crippen LogP contribution in [0.4, 0.5) is 0 Å². The molecule has 0 spiro atoms. The molecule has 0 aliphatic heterocycles. The Labute approximate surface area is 126 Å². The molecule has 0 fully saturated rings. The Morgan fingerprint density at radius 3 is 2.28 bits per heavy atom.